The average molecular weight is 429 g/mol. The van der Waals surface area contributed by atoms with Crippen molar-refractivity contribution in [1.29, 1.82) is 0 Å². The summed E-state index contributed by atoms with van der Waals surface area (Å²) in [6.45, 7) is 3.38. The van der Waals surface area contributed by atoms with E-state index in [2.05, 4.69) is 6.92 Å². The van der Waals surface area contributed by atoms with E-state index in [1.807, 2.05) is 42.5 Å². The Hall–Kier alpha value is -2.09. The molecule has 0 spiro atoms. The van der Waals surface area contributed by atoms with E-state index in [9.17, 15) is 4.79 Å². The van der Waals surface area contributed by atoms with Crippen LogP contribution in [0.5, 0.6) is 5.75 Å². The third-order valence-electron chi connectivity index (χ3n) is 4.86. The van der Waals surface area contributed by atoms with Gasteiger partial charge in [0.1, 0.15) is 5.75 Å². The number of thioether (sulfide) groups is 1. The number of methoxy groups -OCH3 is 1. The van der Waals surface area contributed by atoms with Crippen molar-refractivity contribution in [3.05, 3.63) is 48.0 Å². The van der Waals surface area contributed by atoms with Crippen LogP contribution in [-0.2, 0) is 4.74 Å². The highest BCUT2D eigenvalue weighted by atomic mass is 32.2. The number of anilines is 1. The summed E-state index contributed by atoms with van der Waals surface area (Å²) in [5.74, 6) is 1.72. The molecule has 2 aromatic carbocycles. The summed E-state index contributed by atoms with van der Waals surface area (Å²) >= 11 is 3.24. The van der Waals surface area contributed by atoms with Crippen LogP contribution >= 0.6 is 23.1 Å². The molecule has 1 aliphatic rings. The number of hydrogen-bond donors (Lipinski definition) is 0. The van der Waals surface area contributed by atoms with Crippen LogP contribution in [0.1, 0.15) is 30.1 Å². The maximum Gasteiger partial charge on any atom is 0.260 e. The smallest absolute Gasteiger partial charge is 0.260 e. The standard InChI is InChI=1S/C22H24N2O3S2/c1-3-28-18-8-4-6-15(12-18)21(25)24(14-17-7-5-11-27-17)22-23-19-10-9-16(26-2)13-20(19)29-22/h4,6,8-10,12-13,17H,3,5,7,11,14H2,1-2H3. The Balaban J connectivity index is 1.69. The molecule has 5 nitrogen and oxygen atoms in total. The summed E-state index contributed by atoms with van der Waals surface area (Å²) in [6, 6.07) is 13.6. The van der Waals surface area contributed by atoms with Crippen molar-refractivity contribution in [3.63, 3.8) is 0 Å². The van der Waals surface area contributed by atoms with Crippen LogP contribution in [0.25, 0.3) is 10.2 Å². The van der Waals surface area contributed by atoms with E-state index in [1.165, 1.54) is 11.3 Å². The van der Waals surface area contributed by atoms with Crippen molar-refractivity contribution in [3.8, 4) is 5.75 Å². The molecular weight excluding hydrogens is 404 g/mol. The first-order chi connectivity index (χ1) is 14.2. The Bertz CT molecular complexity index is 999. The van der Waals surface area contributed by atoms with Gasteiger partial charge in [0.15, 0.2) is 5.13 Å². The average Bonchev–Trinajstić information content (AvgIpc) is 3.40. The number of rotatable bonds is 7. The highest BCUT2D eigenvalue weighted by molar-refractivity contribution is 7.99. The zero-order chi connectivity index (χ0) is 20.2. The van der Waals surface area contributed by atoms with Gasteiger partial charge in [-0.3, -0.25) is 9.69 Å². The van der Waals surface area contributed by atoms with E-state index in [0.717, 1.165) is 46.1 Å². The molecule has 7 heteroatoms. The summed E-state index contributed by atoms with van der Waals surface area (Å²) in [5.41, 5.74) is 1.55. The Morgan fingerprint density at radius 3 is 3.00 bits per heavy atom. The number of fused-ring (bicyclic) bond motifs is 1. The van der Waals surface area contributed by atoms with Crippen LogP contribution < -0.4 is 9.64 Å². The van der Waals surface area contributed by atoms with E-state index in [0.29, 0.717) is 17.2 Å². The minimum Gasteiger partial charge on any atom is -0.497 e. The second-order valence-electron chi connectivity index (χ2n) is 6.84. The van der Waals surface area contributed by atoms with Crippen LogP contribution in [0.15, 0.2) is 47.4 Å². The topological polar surface area (TPSA) is 51.7 Å². The van der Waals surface area contributed by atoms with Gasteiger partial charge in [-0.05, 0) is 55.0 Å². The fourth-order valence-corrected chi connectivity index (χ4v) is 5.14. The molecule has 1 amide bonds. The fraction of sp³-hybridized carbons (Fsp3) is 0.364. The molecule has 1 aliphatic heterocycles. The van der Waals surface area contributed by atoms with Crippen molar-refractivity contribution < 1.29 is 14.3 Å². The molecule has 1 atom stereocenters. The van der Waals surface area contributed by atoms with Gasteiger partial charge in [0.05, 0.1) is 30.0 Å². The Labute approximate surface area is 179 Å². The molecule has 1 aromatic heterocycles. The minimum absolute atomic E-state index is 0.0370. The highest BCUT2D eigenvalue weighted by Gasteiger charge is 2.27. The van der Waals surface area contributed by atoms with Crippen molar-refractivity contribution in [2.24, 2.45) is 0 Å². The molecule has 1 unspecified atom stereocenters. The minimum atomic E-state index is -0.0370. The number of nitrogens with zero attached hydrogens (tertiary/aromatic N) is 2. The van der Waals surface area contributed by atoms with E-state index in [-0.39, 0.29) is 12.0 Å². The zero-order valence-corrected chi connectivity index (χ0v) is 18.2. The zero-order valence-electron chi connectivity index (χ0n) is 16.6. The molecule has 2 heterocycles. The van der Waals surface area contributed by atoms with Crippen molar-refractivity contribution in [1.82, 2.24) is 4.98 Å². The first-order valence-electron chi connectivity index (χ1n) is 9.79. The van der Waals surface area contributed by atoms with Crippen molar-refractivity contribution in [2.75, 3.05) is 30.9 Å². The predicted octanol–water partition coefficient (Wildman–Crippen LogP) is 5.24. The number of ether oxygens (including phenoxy) is 2. The molecule has 0 saturated carbocycles. The Kier molecular flexibility index (Phi) is 6.37. The summed E-state index contributed by atoms with van der Waals surface area (Å²) in [5, 5.41) is 0.697. The highest BCUT2D eigenvalue weighted by Crippen LogP contribution is 2.33. The summed E-state index contributed by atoms with van der Waals surface area (Å²) in [6.07, 6.45) is 2.05. The lowest BCUT2D eigenvalue weighted by molar-refractivity contribution is 0.0917. The van der Waals surface area contributed by atoms with Crippen LogP contribution in [-0.4, -0.2) is 43.0 Å². The van der Waals surface area contributed by atoms with E-state index in [4.69, 9.17) is 14.5 Å². The summed E-state index contributed by atoms with van der Waals surface area (Å²) in [7, 11) is 1.65. The number of amides is 1. The lowest BCUT2D eigenvalue weighted by Gasteiger charge is -2.23. The number of carbonyl (C=O) groups is 1. The van der Waals surface area contributed by atoms with Gasteiger partial charge < -0.3 is 9.47 Å². The number of hydrogen-bond acceptors (Lipinski definition) is 6. The maximum absolute atomic E-state index is 13.5. The molecule has 0 bridgehead atoms. The van der Waals surface area contributed by atoms with E-state index >= 15 is 0 Å². The molecule has 29 heavy (non-hydrogen) atoms. The number of carbonyl (C=O) groups excluding carboxylic acids is 1. The second kappa shape index (κ2) is 9.15. The summed E-state index contributed by atoms with van der Waals surface area (Å²) < 4.78 is 12.2. The predicted molar refractivity (Wildman–Crippen MR) is 120 cm³/mol. The molecular formula is C22H24N2O3S2. The van der Waals surface area contributed by atoms with Crippen LogP contribution in [0.2, 0.25) is 0 Å². The molecule has 3 aromatic rings. The largest absolute Gasteiger partial charge is 0.497 e. The number of benzene rings is 2. The third kappa shape index (κ3) is 4.57. The summed E-state index contributed by atoms with van der Waals surface area (Å²) in [4.78, 5) is 21.1. The van der Waals surface area contributed by atoms with Crippen LogP contribution in [0.3, 0.4) is 0 Å². The van der Waals surface area contributed by atoms with Crippen molar-refractivity contribution >= 4 is 44.4 Å². The Morgan fingerprint density at radius 2 is 2.24 bits per heavy atom. The molecule has 1 saturated heterocycles. The lowest BCUT2D eigenvalue weighted by Crippen LogP contribution is -2.37. The first kappa shape index (κ1) is 20.2. The Morgan fingerprint density at radius 1 is 1.34 bits per heavy atom. The van der Waals surface area contributed by atoms with Gasteiger partial charge in [0, 0.05) is 17.1 Å². The SMILES string of the molecule is CCSc1cccc(C(=O)N(CC2CCCO2)c2nc3ccc(OC)cc3s2)c1. The van der Waals surface area contributed by atoms with Gasteiger partial charge >= 0.3 is 0 Å². The van der Waals surface area contributed by atoms with Gasteiger partial charge in [-0.2, -0.15) is 0 Å². The molecule has 1 fully saturated rings. The van der Waals surface area contributed by atoms with Crippen LogP contribution in [0, 0.1) is 0 Å². The van der Waals surface area contributed by atoms with Gasteiger partial charge in [0.2, 0.25) is 0 Å². The number of aromatic nitrogens is 1. The van der Waals surface area contributed by atoms with Gasteiger partial charge in [0.25, 0.3) is 5.91 Å². The third-order valence-corrected chi connectivity index (χ3v) is 6.78. The molecule has 4 rings (SSSR count). The van der Waals surface area contributed by atoms with E-state index in [1.54, 1.807) is 23.8 Å². The molecule has 0 aliphatic carbocycles. The van der Waals surface area contributed by atoms with Crippen molar-refractivity contribution in [2.45, 2.75) is 30.8 Å². The number of thiazole rings is 1. The first-order valence-corrected chi connectivity index (χ1v) is 11.6. The van der Waals surface area contributed by atoms with E-state index < -0.39 is 0 Å². The molecule has 0 radical (unpaired) electrons. The normalized spacial score (nSPS) is 16.3. The monoisotopic (exact) mass is 428 g/mol. The van der Waals surface area contributed by atoms with Gasteiger partial charge in [-0.15, -0.1) is 11.8 Å². The van der Waals surface area contributed by atoms with Crippen LogP contribution in [0.4, 0.5) is 5.13 Å². The lowest BCUT2D eigenvalue weighted by atomic mass is 10.2. The quantitative estimate of drug-likeness (QED) is 0.482. The molecule has 152 valence electrons. The van der Waals surface area contributed by atoms with Gasteiger partial charge in [-0.1, -0.05) is 24.3 Å². The van der Waals surface area contributed by atoms with Gasteiger partial charge in [-0.25, -0.2) is 4.98 Å². The fourth-order valence-electron chi connectivity index (χ4n) is 3.42. The second-order valence-corrected chi connectivity index (χ2v) is 9.19. The maximum atomic E-state index is 13.5. The molecule has 0 N–H and O–H groups in total.